The maximum atomic E-state index is 11.5. The number of sulfone groups is 1. The molecule has 0 aliphatic carbocycles. The molecule has 7 heteroatoms. The second kappa shape index (κ2) is 4.59. The third kappa shape index (κ3) is 2.18. The van der Waals surface area contributed by atoms with E-state index >= 15 is 0 Å². The number of para-hydroxylation sites is 1. The largest absolute Gasteiger partial charge is 0.478 e. The first-order valence-corrected chi connectivity index (χ1v) is 8.19. The number of nitrogens with zero attached hydrogens (tertiary/aromatic N) is 2. The van der Waals surface area contributed by atoms with Crippen LogP contribution < -0.4 is 0 Å². The number of carboxylic acid groups (broad SMARTS) is 1. The average Bonchev–Trinajstić information content (AvgIpc) is 2.82. The molecule has 2 aromatic rings. The number of fused-ring (bicyclic) bond motifs is 1. The van der Waals surface area contributed by atoms with Crippen molar-refractivity contribution in [2.24, 2.45) is 0 Å². The molecule has 0 bridgehead atoms. The third-order valence-corrected chi connectivity index (χ3v) is 5.46. The van der Waals surface area contributed by atoms with Crippen molar-refractivity contribution < 1.29 is 18.3 Å². The summed E-state index contributed by atoms with van der Waals surface area (Å²) in [6, 6.07) is 4.96. The molecule has 2 heterocycles. The molecule has 1 aromatic carbocycles. The lowest BCUT2D eigenvalue weighted by atomic mass is 10.1. The lowest BCUT2D eigenvalue weighted by Gasteiger charge is -2.24. The van der Waals surface area contributed by atoms with Crippen molar-refractivity contribution in [2.45, 2.75) is 18.9 Å². The Bertz CT molecular complexity index is 765. The van der Waals surface area contributed by atoms with Crippen LogP contribution in [-0.4, -0.2) is 40.6 Å². The van der Waals surface area contributed by atoms with Crippen LogP contribution in [0.3, 0.4) is 0 Å². The van der Waals surface area contributed by atoms with Crippen LogP contribution in [0.5, 0.6) is 0 Å². The summed E-state index contributed by atoms with van der Waals surface area (Å²) in [5.74, 6) is -0.708. The van der Waals surface area contributed by atoms with E-state index in [1.54, 1.807) is 24.5 Å². The quantitative estimate of drug-likeness (QED) is 0.906. The Kier molecular flexibility index (Phi) is 3.01. The van der Waals surface area contributed by atoms with Crippen molar-refractivity contribution in [1.29, 1.82) is 0 Å². The molecule has 0 saturated carbocycles. The Morgan fingerprint density at radius 2 is 2.00 bits per heavy atom. The lowest BCUT2D eigenvalue weighted by Crippen LogP contribution is -2.25. The Balaban J connectivity index is 2.07. The Morgan fingerprint density at radius 3 is 2.65 bits per heavy atom. The second-order valence-corrected chi connectivity index (χ2v) is 7.32. The fourth-order valence-electron chi connectivity index (χ4n) is 2.69. The monoisotopic (exact) mass is 294 g/mol. The summed E-state index contributed by atoms with van der Waals surface area (Å²) >= 11 is 0. The minimum absolute atomic E-state index is 0.0102. The van der Waals surface area contributed by atoms with Gasteiger partial charge in [0.05, 0.1) is 34.4 Å². The van der Waals surface area contributed by atoms with Gasteiger partial charge >= 0.3 is 5.97 Å². The average molecular weight is 294 g/mol. The second-order valence-electron chi connectivity index (χ2n) is 5.01. The van der Waals surface area contributed by atoms with E-state index in [1.165, 1.54) is 0 Å². The normalized spacial score (nSPS) is 19.2. The summed E-state index contributed by atoms with van der Waals surface area (Å²) in [5, 5.41) is 9.27. The fraction of sp³-hybridized carbons (Fsp3) is 0.385. The fourth-order valence-corrected chi connectivity index (χ4v) is 4.16. The molecule has 1 aromatic heterocycles. The zero-order valence-electron chi connectivity index (χ0n) is 10.7. The topological polar surface area (TPSA) is 89.3 Å². The summed E-state index contributed by atoms with van der Waals surface area (Å²) < 4.78 is 24.8. The van der Waals surface area contributed by atoms with Crippen LogP contribution in [0.25, 0.3) is 11.0 Å². The maximum absolute atomic E-state index is 11.5. The highest BCUT2D eigenvalue weighted by Crippen LogP contribution is 2.29. The third-order valence-electron chi connectivity index (χ3n) is 3.74. The van der Waals surface area contributed by atoms with Gasteiger partial charge in [0.2, 0.25) is 0 Å². The van der Waals surface area contributed by atoms with E-state index in [4.69, 9.17) is 0 Å². The summed E-state index contributed by atoms with van der Waals surface area (Å²) in [4.78, 5) is 15.5. The van der Waals surface area contributed by atoms with Crippen LogP contribution in [0.2, 0.25) is 0 Å². The standard InChI is InChI=1S/C13H14N2O4S/c16-13(17)10-2-1-3-11-12(10)15(8-14-11)9-4-6-20(18,19)7-5-9/h1-3,8-9H,4-7H2,(H,16,17). The van der Waals surface area contributed by atoms with Crippen molar-refractivity contribution in [3.63, 3.8) is 0 Å². The minimum atomic E-state index is -2.94. The van der Waals surface area contributed by atoms with Crippen LogP contribution in [0, 0.1) is 0 Å². The van der Waals surface area contributed by atoms with E-state index in [0.29, 0.717) is 23.9 Å². The predicted molar refractivity (Wildman–Crippen MR) is 73.6 cm³/mol. The summed E-state index contributed by atoms with van der Waals surface area (Å²) in [5.41, 5.74) is 1.40. The first kappa shape index (κ1) is 13.1. The van der Waals surface area contributed by atoms with Gasteiger partial charge in [0.25, 0.3) is 0 Å². The van der Waals surface area contributed by atoms with E-state index in [2.05, 4.69) is 4.98 Å². The van der Waals surface area contributed by atoms with Gasteiger partial charge in [-0.2, -0.15) is 0 Å². The molecule has 1 saturated heterocycles. The van der Waals surface area contributed by atoms with E-state index in [9.17, 15) is 18.3 Å². The highest BCUT2D eigenvalue weighted by atomic mass is 32.2. The molecule has 20 heavy (non-hydrogen) atoms. The Morgan fingerprint density at radius 1 is 1.30 bits per heavy atom. The number of hydrogen-bond donors (Lipinski definition) is 1. The Hall–Kier alpha value is -1.89. The van der Waals surface area contributed by atoms with Crippen molar-refractivity contribution >= 4 is 26.8 Å². The number of rotatable bonds is 2. The molecular weight excluding hydrogens is 280 g/mol. The molecule has 106 valence electrons. The van der Waals surface area contributed by atoms with Gasteiger partial charge < -0.3 is 9.67 Å². The van der Waals surface area contributed by atoms with Crippen LogP contribution in [0.15, 0.2) is 24.5 Å². The van der Waals surface area contributed by atoms with Crippen molar-refractivity contribution in [2.75, 3.05) is 11.5 Å². The molecule has 1 aliphatic rings. The molecule has 3 rings (SSSR count). The number of benzene rings is 1. The van der Waals surface area contributed by atoms with E-state index in [-0.39, 0.29) is 23.1 Å². The van der Waals surface area contributed by atoms with Crippen LogP contribution in [-0.2, 0) is 9.84 Å². The number of imidazole rings is 1. The molecule has 1 N–H and O–H groups in total. The van der Waals surface area contributed by atoms with Crippen molar-refractivity contribution in [3.05, 3.63) is 30.1 Å². The zero-order chi connectivity index (χ0) is 14.3. The molecule has 0 atom stereocenters. The van der Waals surface area contributed by atoms with Gasteiger partial charge in [0.15, 0.2) is 0 Å². The molecule has 6 nitrogen and oxygen atoms in total. The lowest BCUT2D eigenvalue weighted by molar-refractivity contribution is 0.0698. The number of hydrogen-bond acceptors (Lipinski definition) is 4. The Labute approximate surface area is 116 Å². The van der Waals surface area contributed by atoms with Gasteiger partial charge in [-0.3, -0.25) is 0 Å². The highest BCUT2D eigenvalue weighted by molar-refractivity contribution is 7.91. The van der Waals surface area contributed by atoms with Crippen molar-refractivity contribution in [3.8, 4) is 0 Å². The zero-order valence-corrected chi connectivity index (χ0v) is 11.5. The highest BCUT2D eigenvalue weighted by Gasteiger charge is 2.26. The maximum Gasteiger partial charge on any atom is 0.337 e. The summed E-state index contributed by atoms with van der Waals surface area (Å²) in [6.07, 6.45) is 2.61. The number of carboxylic acids is 1. The van der Waals surface area contributed by atoms with E-state index in [0.717, 1.165) is 0 Å². The van der Waals surface area contributed by atoms with Crippen LogP contribution in [0.4, 0.5) is 0 Å². The predicted octanol–water partition coefficient (Wildman–Crippen LogP) is 1.48. The molecular formula is C13H14N2O4S. The number of aromatic carboxylic acids is 1. The first-order valence-electron chi connectivity index (χ1n) is 6.37. The summed E-state index contributed by atoms with van der Waals surface area (Å²) in [6.45, 7) is 0. The van der Waals surface area contributed by atoms with Gasteiger partial charge in [-0.1, -0.05) is 6.07 Å². The van der Waals surface area contributed by atoms with Gasteiger partial charge in [0.1, 0.15) is 9.84 Å². The molecule has 0 radical (unpaired) electrons. The number of aromatic nitrogens is 2. The molecule has 0 amide bonds. The van der Waals surface area contributed by atoms with Gasteiger partial charge in [-0.25, -0.2) is 18.2 Å². The molecule has 1 aliphatic heterocycles. The smallest absolute Gasteiger partial charge is 0.337 e. The molecule has 0 unspecified atom stereocenters. The van der Waals surface area contributed by atoms with Gasteiger partial charge in [0, 0.05) is 6.04 Å². The molecule has 0 spiro atoms. The van der Waals surface area contributed by atoms with Crippen molar-refractivity contribution in [1.82, 2.24) is 9.55 Å². The van der Waals surface area contributed by atoms with E-state index in [1.807, 2.05) is 4.57 Å². The van der Waals surface area contributed by atoms with Gasteiger partial charge in [-0.15, -0.1) is 0 Å². The molecule has 1 fully saturated rings. The first-order chi connectivity index (χ1) is 9.48. The van der Waals surface area contributed by atoms with Crippen LogP contribution >= 0.6 is 0 Å². The van der Waals surface area contributed by atoms with Crippen LogP contribution in [0.1, 0.15) is 29.2 Å². The summed E-state index contributed by atoms with van der Waals surface area (Å²) in [7, 11) is -2.94. The SMILES string of the molecule is O=C(O)c1cccc2ncn(C3CCS(=O)(=O)CC3)c12. The number of carbonyl (C=O) groups is 1. The van der Waals surface area contributed by atoms with E-state index < -0.39 is 15.8 Å². The van der Waals surface area contributed by atoms with Gasteiger partial charge in [-0.05, 0) is 25.0 Å². The minimum Gasteiger partial charge on any atom is -0.478 e.